The van der Waals surface area contributed by atoms with E-state index in [1.165, 1.54) is 40.1 Å². The van der Waals surface area contributed by atoms with Gasteiger partial charge in [0.15, 0.2) is 0 Å². The van der Waals surface area contributed by atoms with Crippen LogP contribution in [0.4, 0.5) is 0 Å². The maximum absolute atomic E-state index is 3.64. The molecule has 1 atom stereocenters. The van der Waals surface area contributed by atoms with Gasteiger partial charge in [0.2, 0.25) is 0 Å². The highest BCUT2D eigenvalue weighted by Gasteiger charge is 2.13. The van der Waals surface area contributed by atoms with E-state index in [4.69, 9.17) is 0 Å². The van der Waals surface area contributed by atoms with Crippen molar-refractivity contribution < 1.29 is 0 Å². The molecule has 108 valence electrons. The van der Waals surface area contributed by atoms with Gasteiger partial charge in [0.05, 0.1) is 0 Å². The molecule has 1 unspecified atom stereocenters. The number of benzene rings is 1. The van der Waals surface area contributed by atoms with Gasteiger partial charge in [-0.15, -0.1) is 11.3 Å². The Morgan fingerprint density at radius 1 is 1.15 bits per heavy atom. The molecule has 0 aliphatic carbocycles. The van der Waals surface area contributed by atoms with Gasteiger partial charge < -0.3 is 5.32 Å². The summed E-state index contributed by atoms with van der Waals surface area (Å²) in [7, 11) is 0. The minimum Gasteiger partial charge on any atom is -0.310 e. The summed E-state index contributed by atoms with van der Waals surface area (Å²) in [4.78, 5) is 2.95. The molecule has 0 spiro atoms. The van der Waals surface area contributed by atoms with Crippen LogP contribution in [0.3, 0.4) is 0 Å². The number of rotatable bonds is 7. The molecule has 1 aromatic carbocycles. The second-order valence-corrected chi connectivity index (χ2v) is 6.66. The van der Waals surface area contributed by atoms with E-state index < -0.39 is 0 Å². The molecule has 2 aromatic rings. The predicted molar refractivity (Wildman–Crippen MR) is 89.6 cm³/mol. The monoisotopic (exact) mass is 287 g/mol. The van der Waals surface area contributed by atoms with Gasteiger partial charge in [-0.25, -0.2) is 0 Å². The highest BCUT2D eigenvalue weighted by molar-refractivity contribution is 7.12. The van der Waals surface area contributed by atoms with Crippen molar-refractivity contribution in [3.8, 4) is 0 Å². The smallest absolute Gasteiger partial charge is 0.0415 e. The quantitative estimate of drug-likeness (QED) is 0.752. The molecule has 1 aromatic heterocycles. The van der Waals surface area contributed by atoms with Crippen molar-refractivity contribution in [2.75, 3.05) is 6.54 Å². The molecule has 20 heavy (non-hydrogen) atoms. The summed E-state index contributed by atoms with van der Waals surface area (Å²) in [5.41, 5.74) is 2.87. The molecule has 2 heteroatoms. The van der Waals surface area contributed by atoms with E-state index in [0.717, 1.165) is 6.54 Å². The Labute approximate surface area is 127 Å². The van der Waals surface area contributed by atoms with Crippen molar-refractivity contribution in [3.05, 3.63) is 57.3 Å². The molecule has 0 saturated heterocycles. The van der Waals surface area contributed by atoms with Gasteiger partial charge in [0, 0.05) is 15.8 Å². The summed E-state index contributed by atoms with van der Waals surface area (Å²) in [5, 5.41) is 3.64. The zero-order valence-electron chi connectivity index (χ0n) is 12.8. The molecule has 0 fully saturated rings. The lowest BCUT2D eigenvalue weighted by molar-refractivity contribution is 0.505. The summed E-state index contributed by atoms with van der Waals surface area (Å²) in [6, 6.07) is 13.7. The largest absolute Gasteiger partial charge is 0.310 e. The Morgan fingerprint density at radius 3 is 2.50 bits per heavy atom. The molecule has 0 aliphatic heterocycles. The van der Waals surface area contributed by atoms with E-state index in [1.54, 1.807) is 0 Å². The fourth-order valence-electron chi connectivity index (χ4n) is 2.52. The van der Waals surface area contributed by atoms with Crippen LogP contribution in [0.15, 0.2) is 36.4 Å². The number of hydrogen-bond donors (Lipinski definition) is 1. The van der Waals surface area contributed by atoms with E-state index in [1.807, 2.05) is 11.3 Å². The minimum absolute atomic E-state index is 0.515. The van der Waals surface area contributed by atoms with Crippen LogP contribution in [0.1, 0.15) is 46.7 Å². The average molecular weight is 287 g/mol. The number of hydrogen-bond acceptors (Lipinski definition) is 2. The SMILES string of the molecule is CCNC(CCCc1ccccc1)c1cc(C)c(C)s1. The van der Waals surface area contributed by atoms with Gasteiger partial charge in [0.25, 0.3) is 0 Å². The Kier molecular flexibility index (Phi) is 5.81. The second kappa shape index (κ2) is 7.61. The molecule has 1 N–H and O–H groups in total. The number of thiophene rings is 1. The Balaban J connectivity index is 1.92. The molecule has 1 heterocycles. The summed E-state index contributed by atoms with van der Waals surface area (Å²) in [6.45, 7) is 7.66. The third kappa shape index (κ3) is 4.19. The highest BCUT2D eigenvalue weighted by Crippen LogP contribution is 2.29. The van der Waals surface area contributed by atoms with Gasteiger partial charge in [-0.3, -0.25) is 0 Å². The summed E-state index contributed by atoms with van der Waals surface area (Å²) in [6.07, 6.45) is 3.62. The zero-order valence-corrected chi connectivity index (χ0v) is 13.6. The van der Waals surface area contributed by atoms with Crippen molar-refractivity contribution in [2.45, 2.75) is 46.1 Å². The molecule has 0 radical (unpaired) electrons. The van der Waals surface area contributed by atoms with Crippen LogP contribution in [0.5, 0.6) is 0 Å². The van der Waals surface area contributed by atoms with E-state index in [0.29, 0.717) is 6.04 Å². The van der Waals surface area contributed by atoms with Crippen LogP contribution in [0.2, 0.25) is 0 Å². The van der Waals surface area contributed by atoms with Crippen LogP contribution in [0.25, 0.3) is 0 Å². The first-order valence-electron chi connectivity index (χ1n) is 7.55. The Morgan fingerprint density at radius 2 is 1.90 bits per heavy atom. The lowest BCUT2D eigenvalue weighted by Crippen LogP contribution is -2.20. The van der Waals surface area contributed by atoms with Crippen molar-refractivity contribution in [3.63, 3.8) is 0 Å². The molecular formula is C18H25NS. The Bertz CT molecular complexity index is 496. The molecule has 1 nitrogen and oxygen atoms in total. The second-order valence-electron chi connectivity index (χ2n) is 5.38. The van der Waals surface area contributed by atoms with Crippen molar-refractivity contribution in [1.29, 1.82) is 0 Å². The standard InChI is InChI=1S/C18H25NS/c1-4-19-17(18-13-14(2)15(3)20-18)12-8-11-16-9-6-5-7-10-16/h5-7,9-10,13,17,19H,4,8,11-12H2,1-3H3. The van der Waals surface area contributed by atoms with E-state index in [2.05, 4.69) is 62.5 Å². The number of nitrogens with one attached hydrogen (secondary N) is 1. The van der Waals surface area contributed by atoms with E-state index >= 15 is 0 Å². The van der Waals surface area contributed by atoms with E-state index in [-0.39, 0.29) is 0 Å². The van der Waals surface area contributed by atoms with Crippen LogP contribution >= 0.6 is 11.3 Å². The summed E-state index contributed by atoms with van der Waals surface area (Å²) < 4.78 is 0. The van der Waals surface area contributed by atoms with E-state index in [9.17, 15) is 0 Å². The van der Waals surface area contributed by atoms with Gasteiger partial charge in [0.1, 0.15) is 0 Å². The molecule has 0 amide bonds. The fourth-order valence-corrected chi connectivity index (χ4v) is 3.67. The summed E-state index contributed by atoms with van der Waals surface area (Å²) in [5.74, 6) is 0. The first-order valence-corrected chi connectivity index (χ1v) is 8.36. The molecule has 0 aliphatic rings. The molecular weight excluding hydrogens is 262 g/mol. The first-order chi connectivity index (χ1) is 9.70. The van der Waals surface area contributed by atoms with Crippen LogP contribution in [-0.2, 0) is 6.42 Å². The minimum atomic E-state index is 0.515. The molecule has 0 saturated carbocycles. The fraction of sp³-hybridized carbons (Fsp3) is 0.444. The van der Waals surface area contributed by atoms with Gasteiger partial charge in [-0.2, -0.15) is 0 Å². The van der Waals surface area contributed by atoms with Crippen molar-refractivity contribution in [2.24, 2.45) is 0 Å². The van der Waals surface area contributed by atoms with Crippen molar-refractivity contribution in [1.82, 2.24) is 5.32 Å². The van der Waals surface area contributed by atoms with Crippen LogP contribution < -0.4 is 5.32 Å². The maximum Gasteiger partial charge on any atom is 0.0415 e. The lowest BCUT2D eigenvalue weighted by Gasteiger charge is -2.16. The highest BCUT2D eigenvalue weighted by atomic mass is 32.1. The molecule has 0 bridgehead atoms. The maximum atomic E-state index is 3.64. The third-order valence-corrected chi connectivity index (χ3v) is 5.05. The van der Waals surface area contributed by atoms with Gasteiger partial charge in [-0.05, 0) is 56.8 Å². The first kappa shape index (κ1) is 15.3. The Hall–Kier alpha value is -1.12. The normalized spacial score (nSPS) is 12.6. The predicted octanol–water partition coefficient (Wildman–Crippen LogP) is 5.04. The lowest BCUT2D eigenvalue weighted by atomic mass is 10.0. The van der Waals surface area contributed by atoms with Gasteiger partial charge in [-0.1, -0.05) is 37.3 Å². The van der Waals surface area contributed by atoms with Crippen LogP contribution in [-0.4, -0.2) is 6.54 Å². The van der Waals surface area contributed by atoms with Crippen LogP contribution in [0, 0.1) is 13.8 Å². The zero-order chi connectivity index (χ0) is 14.4. The number of aryl methyl sites for hydroxylation is 3. The topological polar surface area (TPSA) is 12.0 Å². The third-order valence-electron chi connectivity index (χ3n) is 3.78. The van der Waals surface area contributed by atoms with Crippen molar-refractivity contribution >= 4 is 11.3 Å². The summed E-state index contributed by atoms with van der Waals surface area (Å²) >= 11 is 1.95. The van der Waals surface area contributed by atoms with Gasteiger partial charge >= 0.3 is 0 Å². The average Bonchev–Trinajstić information content (AvgIpc) is 2.79. The molecule has 2 rings (SSSR count).